The van der Waals surface area contributed by atoms with E-state index in [1.54, 1.807) is 0 Å². The van der Waals surface area contributed by atoms with Crippen LogP contribution in [0.2, 0.25) is 5.02 Å². The van der Waals surface area contributed by atoms with E-state index < -0.39 is 0 Å². The summed E-state index contributed by atoms with van der Waals surface area (Å²) in [5, 5.41) is 4.38. The van der Waals surface area contributed by atoms with Gasteiger partial charge in [0.15, 0.2) is 0 Å². The summed E-state index contributed by atoms with van der Waals surface area (Å²) >= 11 is 7.99. The summed E-state index contributed by atoms with van der Waals surface area (Å²) in [6, 6.07) is 6.94. The highest BCUT2D eigenvalue weighted by molar-refractivity contribution is 7.98. The van der Waals surface area contributed by atoms with Crippen molar-refractivity contribution in [3.05, 3.63) is 28.8 Å². The molecule has 1 aliphatic carbocycles. The normalized spacial score (nSPS) is 14.8. The molecule has 0 aromatic heterocycles. The molecule has 2 rings (SSSR count). The second-order valence-electron chi connectivity index (χ2n) is 4.84. The molecule has 1 aromatic rings. The molecule has 100 valence electrons. The molecule has 18 heavy (non-hydrogen) atoms. The lowest BCUT2D eigenvalue weighted by Gasteiger charge is -2.22. The number of hydrogen-bond acceptors (Lipinski definition) is 3. The Bertz CT molecular complexity index is 393. The summed E-state index contributed by atoms with van der Waals surface area (Å²) in [5.74, 6) is 1.14. The summed E-state index contributed by atoms with van der Waals surface area (Å²) < 4.78 is 0. The number of nitrogens with one attached hydrogen (secondary N) is 1. The van der Waals surface area contributed by atoms with Crippen LogP contribution < -0.4 is 10.2 Å². The third kappa shape index (κ3) is 4.08. The van der Waals surface area contributed by atoms with Gasteiger partial charge in [-0.1, -0.05) is 17.7 Å². The van der Waals surface area contributed by atoms with Crippen molar-refractivity contribution in [1.82, 2.24) is 5.32 Å². The number of thioether (sulfide) groups is 1. The van der Waals surface area contributed by atoms with Crippen molar-refractivity contribution in [1.29, 1.82) is 0 Å². The second-order valence-corrected chi connectivity index (χ2v) is 6.26. The lowest BCUT2D eigenvalue weighted by atomic mass is 10.1. The van der Waals surface area contributed by atoms with Gasteiger partial charge in [-0.3, -0.25) is 0 Å². The van der Waals surface area contributed by atoms with Crippen LogP contribution in [-0.2, 0) is 6.54 Å². The molecule has 0 spiro atoms. The third-order valence-electron chi connectivity index (χ3n) is 3.25. The molecular formula is C14H21ClN2S. The zero-order valence-corrected chi connectivity index (χ0v) is 12.7. The quantitative estimate of drug-likeness (QED) is 0.826. The minimum Gasteiger partial charge on any atom is -0.373 e. The predicted molar refractivity (Wildman–Crippen MR) is 83.0 cm³/mol. The molecule has 0 aliphatic heterocycles. The molecule has 0 atom stereocenters. The molecular weight excluding hydrogens is 264 g/mol. The summed E-state index contributed by atoms with van der Waals surface area (Å²) in [5.41, 5.74) is 2.60. The maximum Gasteiger partial charge on any atom is 0.0426 e. The Balaban J connectivity index is 2.05. The van der Waals surface area contributed by atoms with Gasteiger partial charge in [0.1, 0.15) is 0 Å². The Morgan fingerprint density at radius 2 is 2.22 bits per heavy atom. The molecule has 0 heterocycles. The van der Waals surface area contributed by atoms with Crippen molar-refractivity contribution in [3.63, 3.8) is 0 Å². The first-order valence-corrected chi connectivity index (χ1v) is 8.20. The minimum atomic E-state index is 0.741. The highest BCUT2D eigenvalue weighted by atomic mass is 35.5. The number of nitrogens with zero attached hydrogens (tertiary/aromatic N) is 1. The molecule has 1 saturated carbocycles. The average Bonchev–Trinajstić information content (AvgIpc) is 3.18. The van der Waals surface area contributed by atoms with E-state index in [-0.39, 0.29) is 0 Å². The molecule has 2 nitrogen and oxygen atoms in total. The first-order valence-electron chi connectivity index (χ1n) is 6.42. The summed E-state index contributed by atoms with van der Waals surface area (Å²) in [4.78, 5) is 2.30. The van der Waals surface area contributed by atoms with Gasteiger partial charge in [-0.15, -0.1) is 0 Å². The number of rotatable bonds is 7. The Kier molecular flexibility index (Phi) is 5.22. The zero-order chi connectivity index (χ0) is 13.0. The van der Waals surface area contributed by atoms with E-state index in [0.29, 0.717) is 0 Å². The molecule has 1 N–H and O–H groups in total. The topological polar surface area (TPSA) is 15.3 Å². The van der Waals surface area contributed by atoms with Gasteiger partial charge in [0.25, 0.3) is 0 Å². The van der Waals surface area contributed by atoms with Crippen LogP contribution in [0.5, 0.6) is 0 Å². The highest BCUT2D eigenvalue weighted by Crippen LogP contribution is 2.26. The molecule has 0 amide bonds. The van der Waals surface area contributed by atoms with Crippen LogP contribution in [0, 0.1) is 0 Å². The standard InChI is InChI=1S/C14H21ClN2S/c1-17(7-8-18-2)14-9-12(15)4-3-11(14)10-16-13-5-6-13/h3-4,9,13,16H,5-8,10H2,1-2H3. The van der Waals surface area contributed by atoms with Crippen LogP contribution in [0.25, 0.3) is 0 Å². The van der Waals surface area contributed by atoms with Crippen molar-refractivity contribution >= 4 is 29.1 Å². The van der Waals surface area contributed by atoms with Crippen LogP contribution in [-0.4, -0.2) is 31.6 Å². The van der Waals surface area contributed by atoms with Crippen molar-refractivity contribution in [3.8, 4) is 0 Å². The smallest absolute Gasteiger partial charge is 0.0426 e. The van der Waals surface area contributed by atoms with Gasteiger partial charge in [-0.2, -0.15) is 11.8 Å². The molecule has 0 unspecified atom stereocenters. The third-order valence-corrected chi connectivity index (χ3v) is 4.07. The lowest BCUT2D eigenvalue weighted by Crippen LogP contribution is -2.24. The van der Waals surface area contributed by atoms with E-state index in [4.69, 9.17) is 11.6 Å². The molecule has 4 heteroatoms. The van der Waals surface area contributed by atoms with Gasteiger partial charge < -0.3 is 10.2 Å². The van der Waals surface area contributed by atoms with Crippen molar-refractivity contribution in [2.75, 3.05) is 30.5 Å². The van der Waals surface area contributed by atoms with E-state index >= 15 is 0 Å². The predicted octanol–water partition coefficient (Wildman–Crippen LogP) is 3.39. The Hall–Kier alpha value is -0.380. The first-order chi connectivity index (χ1) is 8.70. The van der Waals surface area contributed by atoms with E-state index in [1.807, 2.05) is 17.8 Å². The van der Waals surface area contributed by atoms with Crippen LogP contribution in [0.4, 0.5) is 5.69 Å². The SMILES string of the molecule is CSCCN(C)c1cc(Cl)ccc1CNC1CC1. The fourth-order valence-corrected chi connectivity index (χ4v) is 2.56. The fraction of sp³-hybridized carbons (Fsp3) is 0.571. The zero-order valence-electron chi connectivity index (χ0n) is 11.1. The second kappa shape index (κ2) is 6.69. The maximum absolute atomic E-state index is 6.12. The van der Waals surface area contributed by atoms with Crippen LogP contribution in [0.3, 0.4) is 0 Å². The number of anilines is 1. The van der Waals surface area contributed by atoms with Crippen molar-refractivity contribution < 1.29 is 0 Å². The lowest BCUT2D eigenvalue weighted by molar-refractivity contribution is 0.686. The van der Waals surface area contributed by atoms with E-state index in [0.717, 1.165) is 29.9 Å². The summed E-state index contributed by atoms with van der Waals surface area (Å²) in [6.45, 7) is 2.00. The van der Waals surface area contributed by atoms with Gasteiger partial charge in [0, 0.05) is 42.6 Å². The Morgan fingerprint density at radius 3 is 2.89 bits per heavy atom. The Morgan fingerprint density at radius 1 is 1.44 bits per heavy atom. The van der Waals surface area contributed by atoms with E-state index in [9.17, 15) is 0 Å². The van der Waals surface area contributed by atoms with Crippen LogP contribution >= 0.6 is 23.4 Å². The average molecular weight is 285 g/mol. The molecule has 1 aromatic carbocycles. The largest absolute Gasteiger partial charge is 0.373 e. The monoisotopic (exact) mass is 284 g/mol. The van der Waals surface area contributed by atoms with Gasteiger partial charge in [0.05, 0.1) is 0 Å². The van der Waals surface area contributed by atoms with E-state index in [2.05, 4.69) is 35.7 Å². The van der Waals surface area contributed by atoms with Gasteiger partial charge in [-0.05, 0) is 36.8 Å². The maximum atomic E-state index is 6.12. The van der Waals surface area contributed by atoms with E-state index in [1.165, 1.54) is 24.1 Å². The number of hydrogen-bond donors (Lipinski definition) is 1. The van der Waals surface area contributed by atoms with Crippen molar-refractivity contribution in [2.24, 2.45) is 0 Å². The highest BCUT2D eigenvalue weighted by Gasteiger charge is 2.20. The van der Waals surface area contributed by atoms with Gasteiger partial charge >= 0.3 is 0 Å². The number of halogens is 1. The van der Waals surface area contributed by atoms with Gasteiger partial charge in [-0.25, -0.2) is 0 Å². The molecule has 1 aliphatic rings. The number of benzene rings is 1. The Labute approximate surface area is 119 Å². The van der Waals surface area contributed by atoms with Crippen LogP contribution in [0.15, 0.2) is 18.2 Å². The molecule has 0 bridgehead atoms. The minimum absolute atomic E-state index is 0.741. The summed E-state index contributed by atoms with van der Waals surface area (Å²) in [6.07, 6.45) is 4.79. The molecule has 0 saturated heterocycles. The molecule has 0 radical (unpaired) electrons. The first kappa shape index (κ1) is 14.0. The fourth-order valence-electron chi connectivity index (χ4n) is 1.93. The summed E-state index contributed by atoms with van der Waals surface area (Å²) in [7, 11) is 2.14. The molecule has 1 fully saturated rings. The van der Waals surface area contributed by atoms with Gasteiger partial charge in [0.2, 0.25) is 0 Å². The van der Waals surface area contributed by atoms with Crippen LogP contribution in [0.1, 0.15) is 18.4 Å². The van der Waals surface area contributed by atoms with Crippen molar-refractivity contribution in [2.45, 2.75) is 25.4 Å².